The lowest BCUT2D eigenvalue weighted by atomic mass is 9.97. The zero-order valence-corrected chi connectivity index (χ0v) is 18.1. The minimum atomic E-state index is -3.95. The summed E-state index contributed by atoms with van der Waals surface area (Å²) in [7, 11) is -3.95. The first kappa shape index (κ1) is 20.5. The standard InChI is InChI=1S/C21H25FN2O3S2/c1-2-18-16-9-13-28-19(16)8-12-24(18)21(25)15-6-7-17(22)20(14-15)29(26,27)23-10-4-3-5-11-23/h6-7,9,13-14,18H,2-5,8,10-12H2,1H3/t18-/m0/s1. The molecule has 3 heterocycles. The molecule has 8 heteroatoms. The van der Waals surface area contributed by atoms with Crippen molar-refractivity contribution >= 4 is 27.3 Å². The third-order valence-corrected chi connectivity index (χ3v) is 8.76. The number of nitrogens with zero attached hydrogens (tertiary/aromatic N) is 2. The molecule has 0 spiro atoms. The van der Waals surface area contributed by atoms with Gasteiger partial charge in [-0.15, -0.1) is 11.3 Å². The summed E-state index contributed by atoms with van der Waals surface area (Å²) in [5.41, 5.74) is 1.39. The van der Waals surface area contributed by atoms with E-state index in [0.717, 1.165) is 38.2 Å². The van der Waals surface area contributed by atoms with Gasteiger partial charge in [0.05, 0.1) is 6.04 Å². The van der Waals surface area contributed by atoms with Gasteiger partial charge < -0.3 is 4.90 Å². The van der Waals surface area contributed by atoms with Gasteiger partial charge in [-0.05, 0) is 60.9 Å². The highest BCUT2D eigenvalue weighted by Gasteiger charge is 2.33. The van der Waals surface area contributed by atoms with Crippen molar-refractivity contribution in [1.82, 2.24) is 9.21 Å². The van der Waals surface area contributed by atoms with Gasteiger partial charge in [0.1, 0.15) is 10.7 Å². The summed E-state index contributed by atoms with van der Waals surface area (Å²) >= 11 is 1.71. The van der Waals surface area contributed by atoms with E-state index in [1.54, 1.807) is 16.2 Å². The number of hydrogen-bond donors (Lipinski definition) is 0. The van der Waals surface area contributed by atoms with Crippen LogP contribution in [-0.4, -0.2) is 43.2 Å². The van der Waals surface area contributed by atoms with Crippen LogP contribution in [0, 0.1) is 5.82 Å². The number of halogens is 1. The van der Waals surface area contributed by atoms with E-state index in [1.165, 1.54) is 26.9 Å². The Labute approximate surface area is 175 Å². The maximum atomic E-state index is 14.5. The zero-order chi connectivity index (χ0) is 20.6. The second-order valence-electron chi connectivity index (χ2n) is 7.58. The smallest absolute Gasteiger partial charge is 0.254 e. The van der Waals surface area contributed by atoms with E-state index in [-0.39, 0.29) is 17.5 Å². The molecule has 0 N–H and O–H groups in total. The van der Waals surface area contributed by atoms with Gasteiger partial charge in [-0.2, -0.15) is 4.31 Å². The number of thiophene rings is 1. The normalized spacial score (nSPS) is 20.5. The Morgan fingerprint density at radius 1 is 1.17 bits per heavy atom. The van der Waals surface area contributed by atoms with Crippen molar-refractivity contribution < 1.29 is 17.6 Å². The fourth-order valence-corrected chi connectivity index (χ4v) is 6.86. The predicted octanol–water partition coefficient (Wildman–Crippen LogP) is 4.21. The summed E-state index contributed by atoms with van der Waals surface area (Å²) in [4.78, 5) is 16.0. The highest BCUT2D eigenvalue weighted by atomic mass is 32.2. The first-order chi connectivity index (χ1) is 13.9. The Morgan fingerprint density at radius 3 is 2.66 bits per heavy atom. The lowest BCUT2D eigenvalue weighted by Gasteiger charge is -2.35. The second-order valence-corrected chi connectivity index (χ2v) is 10.5. The highest BCUT2D eigenvalue weighted by Crippen LogP contribution is 2.36. The van der Waals surface area contributed by atoms with Crippen molar-refractivity contribution in [3.05, 3.63) is 51.5 Å². The van der Waals surface area contributed by atoms with Crippen LogP contribution < -0.4 is 0 Å². The van der Waals surface area contributed by atoms with Crippen molar-refractivity contribution in [1.29, 1.82) is 0 Å². The van der Waals surface area contributed by atoms with Gasteiger partial charge in [0.25, 0.3) is 5.91 Å². The molecule has 5 nitrogen and oxygen atoms in total. The average Bonchev–Trinajstić information content (AvgIpc) is 3.22. The molecule has 4 rings (SSSR count). The number of sulfonamides is 1. The summed E-state index contributed by atoms with van der Waals surface area (Å²) in [6.07, 6.45) is 4.08. The predicted molar refractivity (Wildman–Crippen MR) is 111 cm³/mol. The van der Waals surface area contributed by atoms with E-state index >= 15 is 0 Å². The number of benzene rings is 1. The molecule has 0 bridgehead atoms. The van der Waals surface area contributed by atoms with Gasteiger partial charge in [-0.3, -0.25) is 4.79 Å². The summed E-state index contributed by atoms with van der Waals surface area (Å²) in [5.74, 6) is -1.05. The van der Waals surface area contributed by atoms with Crippen LogP contribution in [-0.2, 0) is 16.4 Å². The highest BCUT2D eigenvalue weighted by molar-refractivity contribution is 7.89. The molecule has 1 aromatic heterocycles. The number of hydrogen-bond acceptors (Lipinski definition) is 4. The van der Waals surface area contributed by atoms with Crippen LogP contribution >= 0.6 is 11.3 Å². The molecule has 0 radical (unpaired) electrons. The minimum Gasteiger partial charge on any atom is -0.331 e. The maximum absolute atomic E-state index is 14.5. The third kappa shape index (κ3) is 3.73. The Morgan fingerprint density at radius 2 is 1.93 bits per heavy atom. The molecule has 2 aliphatic heterocycles. The van der Waals surface area contributed by atoms with E-state index < -0.39 is 20.7 Å². The largest absolute Gasteiger partial charge is 0.331 e. The summed E-state index contributed by atoms with van der Waals surface area (Å²) < 4.78 is 41.8. The van der Waals surface area contributed by atoms with Gasteiger partial charge in [-0.25, -0.2) is 12.8 Å². The van der Waals surface area contributed by atoms with Crippen molar-refractivity contribution in [2.24, 2.45) is 0 Å². The van der Waals surface area contributed by atoms with Crippen LogP contribution in [0.1, 0.15) is 59.4 Å². The van der Waals surface area contributed by atoms with Crippen molar-refractivity contribution in [3.63, 3.8) is 0 Å². The molecule has 0 saturated carbocycles. The maximum Gasteiger partial charge on any atom is 0.254 e. The number of fused-ring (bicyclic) bond motifs is 1. The monoisotopic (exact) mass is 436 g/mol. The topological polar surface area (TPSA) is 57.7 Å². The summed E-state index contributed by atoms with van der Waals surface area (Å²) in [6.45, 7) is 3.40. The van der Waals surface area contributed by atoms with Crippen molar-refractivity contribution in [3.8, 4) is 0 Å². The van der Waals surface area contributed by atoms with Crippen LogP contribution in [0.3, 0.4) is 0 Å². The van der Waals surface area contributed by atoms with Gasteiger partial charge >= 0.3 is 0 Å². The lowest BCUT2D eigenvalue weighted by molar-refractivity contribution is 0.0657. The van der Waals surface area contributed by atoms with Gasteiger partial charge in [0.2, 0.25) is 10.0 Å². The van der Waals surface area contributed by atoms with E-state index in [9.17, 15) is 17.6 Å². The molecule has 29 heavy (non-hydrogen) atoms. The number of amides is 1. The van der Waals surface area contributed by atoms with Crippen LogP contribution in [0.5, 0.6) is 0 Å². The fraction of sp³-hybridized carbons (Fsp3) is 0.476. The molecular weight excluding hydrogens is 411 g/mol. The van der Waals surface area contributed by atoms with Gasteiger partial charge in [0, 0.05) is 30.1 Å². The van der Waals surface area contributed by atoms with Crippen LogP contribution in [0.2, 0.25) is 0 Å². The number of carbonyl (C=O) groups is 1. The van der Waals surface area contributed by atoms with Gasteiger partial charge in [-0.1, -0.05) is 13.3 Å². The van der Waals surface area contributed by atoms with E-state index in [2.05, 4.69) is 6.07 Å². The third-order valence-electron chi connectivity index (χ3n) is 5.85. The Balaban J connectivity index is 1.66. The second kappa shape index (κ2) is 8.16. The SMILES string of the molecule is CC[C@H]1c2ccsc2CCN1C(=O)c1ccc(F)c(S(=O)(=O)N2CCCCC2)c1. The number of rotatable bonds is 4. The lowest BCUT2D eigenvalue weighted by Crippen LogP contribution is -2.39. The molecular formula is C21H25FN2O3S2. The zero-order valence-electron chi connectivity index (χ0n) is 16.4. The molecule has 1 saturated heterocycles. The van der Waals surface area contributed by atoms with Crippen LogP contribution in [0.15, 0.2) is 34.5 Å². The van der Waals surface area contributed by atoms with Crippen LogP contribution in [0.4, 0.5) is 4.39 Å². The van der Waals surface area contributed by atoms with E-state index in [0.29, 0.717) is 19.6 Å². The first-order valence-corrected chi connectivity index (χ1v) is 12.4. The Kier molecular flexibility index (Phi) is 5.77. The van der Waals surface area contributed by atoms with E-state index in [1.807, 2.05) is 12.3 Å². The average molecular weight is 437 g/mol. The van der Waals surface area contributed by atoms with Crippen molar-refractivity contribution in [2.75, 3.05) is 19.6 Å². The Hall–Kier alpha value is -1.77. The summed E-state index contributed by atoms with van der Waals surface area (Å²) in [5, 5.41) is 2.04. The molecule has 1 fully saturated rings. The molecule has 156 valence electrons. The summed E-state index contributed by atoms with van der Waals surface area (Å²) in [6, 6.07) is 5.74. The number of carbonyl (C=O) groups excluding carboxylic acids is 1. The molecule has 0 unspecified atom stereocenters. The molecule has 0 aliphatic carbocycles. The molecule has 2 aromatic rings. The van der Waals surface area contributed by atoms with Crippen LogP contribution in [0.25, 0.3) is 0 Å². The Bertz CT molecular complexity index is 1010. The number of piperidine rings is 1. The molecule has 1 amide bonds. The fourth-order valence-electron chi connectivity index (χ4n) is 4.32. The van der Waals surface area contributed by atoms with E-state index in [4.69, 9.17) is 0 Å². The van der Waals surface area contributed by atoms with Gasteiger partial charge in [0.15, 0.2) is 0 Å². The molecule has 1 aromatic carbocycles. The minimum absolute atomic E-state index is 0.0373. The molecule has 2 aliphatic rings. The first-order valence-electron chi connectivity index (χ1n) is 10.1. The quantitative estimate of drug-likeness (QED) is 0.721. The molecule has 1 atom stereocenters. The van der Waals surface area contributed by atoms with Crippen molar-refractivity contribution in [2.45, 2.75) is 50.0 Å².